The van der Waals surface area contributed by atoms with Gasteiger partial charge in [-0.05, 0) is 60.6 Å². The molecule has 1 atom stereocenters. The Labute approximate surface area is 174 Å². The topological polar surface area (TPSA) is 57.4 Å². The number of benzene rings is 1. The number of H-pyrrole nitrogens is 1. The van der Waals surface area contributed by atoms with E-state index in [1.165, 1.54) is 4.88 Å². The lowest BCUT2D eigenvalue weighted by Gasteiger charge is -2.27. The minimum Gasteiger partial charge on any atom is -0.497 e. The zero-order valence-electron chi connectivity index (χ0n) is 16.3. The number of hydrogen-bond acceptors (Lipinski definition) is 4. The van der Waals surface area contributed by atoms with Gasteiger partial charge in [-0.2, -0.15) is 0 Å². The van der Waals surface area contributed by atoms with E-state index >= 15 is 0 Å². The molecule has 5 nitrogen and oxygen atoms in total. The Hall–Kier alpha value is -2.38. The number of pyridine rings is 1. The van der Waals surface area contributed by atoms with Crippen LogP contribution in [0, 0.1) is 0 Å². The van der Waals surface area contributed by atoms with Crippen molar-refractivity contribution in [2.75, 3.05) is 7.11 Å². The number of thiocarbonyl (C=S) groups is 1. The van der Waals surface area contributed by atoms with E-state index in [1.54, 1.807) is 18.4 Å². The molecule has 3 rings (SSSR count). The smallest absolute Gasteiger partial charge is 0.253 e. The van der Waals surface area contributed by atoms with Crippen LogP contribution < -0.4 is 15.6 Å². The number of methoxy groups -OCH3 is 1. The Balaban J connectivity index is 1.89. The van der Waals surface area contributed by atoms with Gasteiger partial charge in [0.05, 0.1) is 25.7 Å². The summed E-state index contributed by atoms with van der Waals surface area (Å²) in [6.45, 7) is 5.33. The normalized spacial score (nSPS) is 12.0. The molecule has 0 amide bonds. The Bertz CT molecular complexity index is 999. The fraction of sp³-hybridized carbons (Fsp3) is 0.333. The number of rotatable bonds is 7. The van der Waals surface area contributed by atoms with Crippen LogP contribution in [0.25, 0.3) is 10.9 Å². The second-order valence-corrected chi connectivity index (χ2v) is 8.19. The number of thiophene rings is 1. The first kappa shape index (κ1) is 20.4. The third kappa shape index (κ3) is 4.91. The van der Waals surface area contributed by atoms with Crippen LogP contribution >= 0.6 is 23.6 Å². The van der Waals surface area contributed by atoms with E-state index in [0.29, 0.717) is 29.5 Å². The van der Waals surface area contributed by atoms with Crippen molar-refractivity contribution < 1.29 is 4.74 Å². The molecule has 0 unspecified atom stereocenters. The summed E-state index contributed by atoms with van der Waals surface area (Å²) < 4.78 is 5.24. The number of nitrogens with one attached hydrogen (secondary N) is 2. The summed E-state index contributed by atoms with van der Waals surface area (Å²) in [4.78, 5) is 18.9. The summed E-state index contributed by atoms with van der Waals surface area (Å²) >= 11 is 7.34. The molecule has 7 heteroatoms. The zero-order valence-corrected chi connectivity index (χ0v) is 18.0. The maximum absolute atomic E-state index is 12.7. The largest absolute Gasteiger partial charge is 0.497 e. The van der Waals surface area contributed by atoms with Crippen LogP contribution in [0.1, 0.15) is 30.7 Å². The molecule has 0 spiro atoms. The van der Waals surface area contributed by atoms with Gasteiger partial charge in [-0.25, -0.2) is 0 Å². The van der Waals surface area contributed by atoms with E-state index in [1.807, 2.05) is 35.2 Å². The fourth-order valence-electron chi connectivity index (χ4n) is 2.87. The van der Waals surface area contributed by atoms with Crippen molar-refractivity contribution >= 4 is 39.6 Å². The molecule has 0 bridgehead atoms. The summed E-state index contributed by atoms with van der Waals surface area (Å²) in [6, 6.07) is 12.0. The second kappa shape index (κ2) is 9.21. The van der Waals surface area contributed by atoms with Gasteiger partial charge in [0.25, 0.3) is 5.56 Å². The predicted molar refractivity (Wildman–Crippen MR) is 120 cm³/mol. The quantitative estimate of drug-likeness (QED) is 0.564. The van der Waals surface area contributed by atoms with Crippen molar-refractivity contribution in [3.63, 3.8) is 0 Å². The molecular formula is C21H25N3O2S2. The molecule has 0 saturated carbocycles. The lowest BCUT2D eigenvalue weighted by atomic mass is 10.1. The molecule has 2 heterocycles. The number of nitrogens with zero attached hydrogens (tertiary/aromatic N) is 1. The number of ether oxygens (including phenoxy) is 1. The molecule has 0 aliphatic rings. The van der Waals surface area contributed by atoms with E-state index in [0.717, 1.165) is 17.3 Å². The average molecular weight is 416 g/mol. The summed E-state index contributed by atoms with van der Waals surface area (Å²) in [5, 5.41) is 7.05. The molecule has 1 aromatic carbocycles. The molecule has 148 valence electrons. The monoisotopic (exact) mass is 415 g/mol. The highest BCUT2D eigenvalue weighted by Gasteiger charge is 2.16. The van der Waals surface area contributed by atoms with Crippen LogP contribution in [-0.4, -0.2) is 28.1 Å². The maximum atomic E-state index is 12.7. The third-order valence-corrected chi connectivity index (χ3v) is 5.92. The molecule has 28 heavy (non-hydrogen) atoms. The van der Waals surface area contributed by atoms with Gasteiger partial charge in [0, 0.05) is 22.5 Å². The Morgan fingerprint density at radius 2 is 2.14 bits per heavy atom. The van der Waals surface area contributed by atoms with Crippen molar-refractivity contribution in [2.24, 2.45) is 0 Å². The van der Waals surface area contributed by atoms with Crippen LogP contribution in [0.3, 0.4) is 0 Å². The third-order valence-electron chi connectivity index (χ3n) is 4.69. The molecule has 0 radical (unpaired) electrons. The summed E-state index contributed by atoms with van der Waals surface area (Å²) in [5.41, 5.74) is 1.34. The van der Waals surface area contributed by atoms with Crippen LogP contribution in [0.2, 0.25) is 0 Å². The molecule has 0 fully saturated rings. The van der Waals surface area contributed by atoms with Crippen molar-refractivity contribution in [1.29, 1.82) is 0 Å². The molecule has 2 N–H and O–H groups in total. The molecule has 2 aromatic heterocycles. The number of aromatic nitrogens is 1. The maximum Gasteiger partial charge on any atom is 0.253 e. The second-order valence-electron chi connectivity index (χ2n) is 6.77. The summed E-state index contributed by atoms with van der Waals surface area (Å²) in [7, 11) is 1.61. The lowest BCUT2D eigenvalue weighted by Crippen LogP contribution is -2.43. The van der Waals surface area contributed by atoms with Crippen molar-refractivity contribution in [3.8, 4) is 5.75 Å². The highest BCUT2D eigenvalue weighted by atomic mass is 32.1. The Kier molecular flexibility index (Phi) is 6.70. The van der Waals surface area contributed by atoms with Gasteiger partial charge in [-0.1, -0.05) is 13.0 Å². The van der Waals surface area contributed by atoms with E-state index in [-0.39, 0.29) is 11.6 Å². The first-order valence-electron chi connectivity index (χ1n) is 9.28. The fourth-order valence-corrected chi connectivity index (χ4v) is 3.92. The Morgan fingerprint density at radius 3 is 2.82 bits per heavy atom. The average Bonchev–Trinajstić information content (AvgIpc) is 3.20. The summed E-state index contributed by atoms with van der Waals surface area (Å²) in [5.74, 6) is 0.717. The first-order valence-corrected chi connectivity index (χ1v) is 10.6. The SMILES string of the molecule is CC[C@@H](C)NC(=S)N(Cc1cccs1)Cc1cc2ccc(OC)cc2[nH]c1=O. The van der Waals surface area contributed by atoms with Gasteiger partial charge in [0.2, 0.25) is 0 Å². The Morgan fingerprint density at radius 1 is 1.32 bits per heavy atom. The van der Waals surface area contributed by atoms with Gasteiger partial charge in [0.1, 0.15) is 5.75 Å². The molecule has 0 saturated heterocycles. The minimum atomic E-state index is -0.108. The lowest BCUT2D eigenvalue weighted by molar-refractivity contribution is 0.393. The molecular weight excluding hydrogens is 390 g/mol. The number of aromatic amines is 1. The van der Waals surface area contributed by atoms with Crippen LogP contribution in [0.4, 0.5) is 0 Å². The predicted octanol–water partition coefficient (Wildman–Crippen LogP) is 4.27. The number of fused-ring (bicyclic) bond motifs is 1. The highest BCUT2D eigenvalue weighted by molar-refractivity contribution is 7.80. The zero-order chi connectivity index (χ0) is 20.1. The molecule has 0 aliphatic heterocycles. The van der Waals surface area contributed by atoms with Crippen molar-refractivity contribution in [3.05, 3.63) is 62.6 Å². The summed E-state index contributed by atoms with van der Waals surface area (Å²) in [6.07, 6.45) is 0.978. The van der Waals surface area contributed by atoms with E-state index in [4.69, 9.17) is 17.0 Å². The minimum absolute atomic E-state index is 0.108. The van der Waals surface area contributed by atoms with Gasteiger partial charge < -0.3 is 19.9 Å². The highest BCUT2D eigenvalue weighted by Crippen LogP contribution is 2.20. The van der Waals surface area contributed by atoms with Gasteiger partial charge in [-0.15, -0.1) is 11.3 Å². The van der Waals surface area contributed by atoms with E-state index in [2.05, 4.69) is 35.6 Å². The van der Waals surface area contributed by atoms with Gasteiger partial charge in [-0.3, -0.25) is 4.79 Å². The van der Waals surface area contributed by atoms with Crippen LogP contribution in [-0.2, 0) is 13.1 Å². The van der Waals surface area contributed by atoms with Crippen LogP contribution in [0.15, 0.2) is 46.6 Å². The van der Waals surface area contributed by atoms with E-state index < -0.39 is 0 Å². The van der Waals surface area contributed by atoms with Gasteiger partial charge in [0.15, 0.2) is 5.11 Å². The van der Waals surface area contributed by atoms with Crippen LogP contribution in [0.5, 0.6) is 5.75 Å². The van der Waals surface area contributed by atoms with E-state index in [9.17, 15) is 4.79 Å². The first-order chi connectivity index (χ1) is 13.5. The standard InChI is InChI=1S/C21H25N3O2S2/c1-4-14(2)22-21(27)24(13-18-6-5-9-28-18)12-16-10-15-7-8-17(26-3)11-19(15)23-20(16)25/h5-11,14H,4,12-13H2,1-3H3,(H,22,27)(H,23,25)/t14-/m1/s1. The van der Waals surface area contributed by atoms with Crippen molar-refractivity contribution in [1.82, 2.24) is 15.2 Å². The number of hydrogen-bond donors (Lipinski definition) is 2. The van der Waals surface area contributed by atoms with Crippen molar-refractivity contribution in [2.45, 2.75) is 39.4 Å². The van der Waals surface area contributed by atoms with Gasteiger partial charge >= 0.3 is 0 Å². The molecule has 0 aliphatic carbocycles. The molecule has 3 aromatic rings.